The van der Waals surface area contributed by atoms with Crippen molar-refractivity contribution in [2.24, 2.45) is 0 Å². The van der Waals surface area contributed by atoms with E-state index in [9.17, 15) is 18.3 Å². The lowest BCUT2D eigenvalue weighted by molar-refractivity contribution is -0.143. The zero-order valence-electron chi connectivity index (χ0n) is 9.35. The molecule has 18 heavy (non-hydrogen) atoms. The number of carbonyl (C=O) groups is 1. The van der Waals surface area contributed by atoms with Crippen LogP contribution in [0.2, 0.25) is 4.34 Å². The van der Waals surface area contributed by atoms with Gasteiger partial charge in [-0.1, -0.05) is 24.4 Å². The van der Waals surface area contributed by atoms with Crippen LogP contribution >= 0.6 is 22.9 Å². The van der Waals surface area contributed by atoms with E-state index in [0.29, 0.717) is 30.0 Å². The number of aliphatic carboxylic acids is 1. The number of carboxylic acids is 1. The molecule has 1 fully saturated rings. The van der Waals surface area contributed by atoms with Crippen LogP contribution in [0.15, 0.2) is 16.3 Å². The summed E-state index contributed by atoms with van der Waals surface area (Å²) < 4.78 is 26.9. The van der Waals surface area contributed by atoms with Crippen LogP contribution in [0.4, 0.5) is 0 Å². The van der Waals surface area contributed by atoms with Gasteiger partial charge in [0.05, 0.1) is 4.34 Å². The molecule has 5 nitrogen and oxygen atoms in total. The van der Waals surface area contributed by atoms with Gasteiger partial charge in [0.2, 0.25) is 0 Å². The van der Waals surface area contributed by atoms with Crippen LogP contribution in [0, 0.1) is 0 Å². The molecule has 1 aromatic heterocycles. The van der Waals surface area contributed by atoms with Gasteiger partial charge in [-0.3, -0.25) is 4.79 Å². The Morgan fingerprint density at radius 2 is 2.00 bits per heavy atom. The Balaban J connectivity index is 2.29. The van der Waals surface area contributed by atoms with Crippen molar-refractivity contribution in [1.29, 1.82) is 0 Å². The summed E-state index contributed by atoms with van der Waals surface area (Å²) in [6.07, 6.45) is 2.06. The smallest absolute Gasteiger partial charge is 0.324 e. The van der Waals surface area contributed by atoms with Gasteiger partial charge in [-0.15, -0.1) is 11.3 Å². The van der Waals surface area contributed by atoms with Crippen molar-refractivity contribution in [3.8, 4) is 0 Å². The third-order valence-corrected chi connectivity index (χ3v) is 6.27. The van der Waals surface area contributed by atoms with E-state index in [1.54, 1.807) is 0 Å². The van der Waals surface area contributed by atoms with Gasteiger partial charge in [0.1, 0.15) is 9.75 Å². The van der Waals surface area contributed by atoms with E-state index in [0.717, 1.165) is 11.3 Å². The fourth-order valence-corrected chi connectivity index (χ4v) is 4.99. The fourth-order valence-electron chi connectivity index (χ4n) is 2.09. The van der Waals surface area contributed by atoms with Gasteiger partial charge in [-0.05, 0) is 25.0 Å². The molecule has 8 heteroatoms. The molecule has 0 radical (unpaired) electrons. The van der Waals surface area contributed by atoms with Crippen molar-refractivity contribution in [3.63, 3.8) is 0 Å². The molecule has 0 saturated heterocycles. The summed E-state index contributed by atoms with van der Waals surface area (Å²) in [5.41, 5.74) is -1.37. The van der Waals surface area contributed by atoms with Crippen LogP contribution in [-0.2, 0) is 14.8 Å². The Bertz CT molecular complexity index is 560. The van der Waals surface area contributed by atoms with Gasteiger partial charge in [-0.25, -0.2) is 8.42 Å². The zero-order chi connectivity index (χ0) is 13.4. The highest BCUT2D eigenvalue weighted by Gasteiger charge is 2.44. The molecule has 100 valence electrons. The maximum atomic E-state index is 12.1. The number of nitrogens with one attached hydrogen (secondary N) is 1. The second-order valence-corrected chi connectivity index (χ2v) is 7.88. The van der Waals surface area contributed by atoms with Gasteiger partial charge in [-0.2, -0.15) is 4.72 Å². The molecule has 0 aromatic carbocycles. The summed E-state index contributed by atoms with van der Waals surface area (Å²) >= 11 is 6.60. The van der Waals surface area contributed by atoms with Crippen LogP contribution in [0.5, 0.6) is 0 Å². The van der Waals surface area contributed by atoms with Crippen molar-refractivity contribution in [1.82, 2.24) is 4.72 Å². The summed E-state index contributed by atoms with van der Waals surface area (Å²) in [6, 6.07) is 2.85. The molecule has 0 unspecified atom stereocenters. The first-order valence-corrected chi connectivity index (χ1v) is 8.06. The van der Waals surface area contributed by atoms with Crippen molar-refractivity contribution in [2.45, 2.75) is 35.4 Å². The van der Waals surface area contributed by atoms with Crippen LogP contribution in [0.25, 0.3) is 0 Å². The van der Waals surface area contributed by atoms with Gasteiger partial charge >= 0.3 is 5.97 Å². The molecule has 2 rings (SSSR count). The summed E-state index contributed by atoms with van der Waals surface area (Å²) in [5.74, 6) is -1.12. The summed E-state index contributed by atoms with van der Waals surface area (Å²) in [4.78, 5) is 11.3. The second-order valence-electron chi connectivity index (χ2n) is 4.26. The molecule has 0 spiro atoms. The molecular formula is C10H12ClNO4S2. The number of rotatable bonds is 4. The molecule has 1 heterocycles. The number of sulfonamides is 1. The van der Waals surface area contributed by atoms with E-state index in [-0.39, 0.29) is 4.21 Å². The summed E-state index contributed by atoms with van der Waals surface area (Å²) in [7, 11) is -3.82. The minimum absolute atomic E-state index is 0.0417. The lowest BCUT2D eigenvalue weighted by atomic mass is 10.0. The maximum Gasteiger partial charge on any atom is 0.324 e. The normalized spacial score (nSPS) is 18.9. The Labute approximate surface area is 114 Å². The SMILES string of the molecule is O=C(O)C1(NS(=O)(=O)c2ccc(Cl)s2)CCCC1. The largest absolute Gasteiger partial charge is 0.480 e. The molecular weight excluding hydrogens is 298 g/mol. The molecule has 1 saturated carbocycles. The number of halogens is 1. The zero-order valence-corrected chi connectivity index (χ0v) is 11.7. The highest BCUT2D eigenvalue weighted by atomic mass is 35.5. The Kier molecular flexibility index (Phi) is 3.68. The molecule has 0 atom stereocenters. The summed E-state index contributed by atoms with van der Waals surface area (Å²) in [6.45, 7) is 0. The summed E-state index contributed by atoms with van der Waals surface area (Å²) in [5, 5.41) is 9.23. The first-order chi connectivity index (χ1) is 8.36. The van der Waals surface area contributed by atoms with Crippen molar-refractivity contribution >= 4 is 38.9 Å². The lowest BCUT2D eigenvalue weighted by Crippen LogP contribution is -2.52. The van der Waals surface area contributed by atoms with Crippen molar-refractivity contribution < 1.29 is 18.3 Å². The Morgan fingerprint density at radius 1 is 1.39 bits per heavy atom. The maximum absolute atomic E-state index is 12.1. The highest BCUT2D eigenvalue weighted by Crippen LogP contribution is 2.33. The molecule has 0 aliphatic heterocycles. The number of thiophene rings is 1. The quantitative estimate of drug-likeness (QED) is 0.892. The molecule has 1 aliphatic rings. The van der Waals surface area contributed by atoms with Gasteiger partial charge in [0.25, 0.3) is 10.0 Å². The van der Waals surface area contributed by atoms with E-state index in [2.05, 4.69) is 4.72 Å². The van der Waals surface area contributed by atoms with Crippen LogP contribution in [0.1, 0.15) is 25.7 Å². The Hall–Kier alpha value is -0.630. The number of carboxylic acid groups (broad SMARTS) is 1. The average molecular weight is 310 g/mol. The van der Waals surface area contributed by atoms with Crippen molar-refractivity contribution in [3.05, 3.63) is 16.5 Å². The molecule has 1 aliphatic carbocycles. The third-order valence-electron chi connectivity index (χ3n) is 3.01. The lowest BCUT2D eigenvalue weighted by Gasteiger charge is -2.24. The molecule has 2 N–H and O–H groups in total. The van der Waals surface area contributed by atoms with Crippen LogP contribution in [-0.4, -0.2) is 25.0 Å². The van der Waals surface area contributed by atoms with E-state index >= 15 is 0 Å². The average Bonchev–Trinajstić information content (AvgIpc) is 2.87. The van der Waals surface area contributed by atoms with E-state index in [1.165, 1.54) is 12.1 Å². The predicted octanol–water partition coefficient (Wildman–Crippen LogP) is 2.08. The molecule has 0 bridgehead atoms. The van der Waals surface area contributed by atoms with E-state index < -0.39 is 21.5 Å². The minimum atomic E-state index is -3.82. The third kappa shape index (κ3) is 2.54. The highest BCUT2D eigenvalue weighted by molar-refractivity contribution is 7.91. The predicted molar refractivity (Wildman–Crippen MR) is 68.5 cm³/mol. The standard InChI is InChI=1S/C10H12ClNO4S2/c11-7-3-4-8(17-7)18(15,16)12-10(9(13)14)5-1-2-6-10/h3-4,12H,1-2,5-6H2,(H,13,14). The van der Waals surface area contributed by atoms with Gasteiger partial charge < -0.3 is 5.11 Å². The second kappa shape index (κ2) is 4.80. The monoisotopic (exact) mass is 309 g/mol. The molecule has 0 amide bonds. The topological polar surface area (TPSA) is 83.5 Å². The fraction of sp³-hybridized carbons (Fsp3) is 0.500. The first kappa shape index (κ1) is 13.8. The van der Waals surface area contributed by atoms with Gasteiger partial charge in [0.15, 0.2) is 0 Å². The minimum Gasteiger partial charge on any atom is -0.480 e. The van der Waals surface area contributed by atoms with E-state index in [4.69, 9.17) is 11.6 Å². The van der Waals surface area contributed by atoms with Crippen molar-refractivity contribution in [2.75, 3.05) is 0 Å². The number of hydrogen-bond acceptors (Lipinski definition) is 4. The Morgan fingerprint density at radius 3 is 2.44 bits per heavy atom. The van der Waals surface area contributed by atoms with E-state index in [1.807, 2.05) is 0 Å². The van der Waals surface area contributed by atoms with Crippen LogP contribution in [0.3, 0.4) is 0 Å². The van der Waals surface area contributed by atoms with Gasteiger partial charge in [0, 0.05) is 0 Å². The van der Waals surface area contributed by atoms with Crippen LogP contribution < -0.4 is 4.72 Å². The first-order valence-electron chi connectivity index (χ1n) is 5.38. The molecule has 1 aromatic rings. The number of hydrogen-bond donors (Lipinski definition) is 2.